The monoisotopic (exact) mass is 1160 g/mol. The van der Waals surface area contributed by atoms with Crippen molar-refractivity contribution in [2.45, 2.75) is 46.8 Å². The van der Waals surface area contributed by atoms with E-state index in [1.165, 1.54) is 21.9 Å². The molecule has 3 aromatic heterocycles. The number of aryl methyl sites for hydroxylation is 1. The molecule has 0 amide bonds. The first-order valence-corrected chi connectivity index (χ1v) is 28.6. The first-order chi connectivity index (χ1) is 36.8. The molecule has 0 fully saturated rings. The maximum atomic E-state index is 7.46. The summed E-state index contributed by atoms with van der Waals surface area (Å²) in [5.74, 6) is 1.36. The Morgan fingerprint density at radius 2 is 1.22 bits per heavy atom. The predicted octanol–water partition coefficient (Wildman–Crippen LogP) is 17.7. The van der Waals surface area contributed by atoms with Gasteiger partial charge >= 0.3 is 0 Å². The van der Waals surface area contributed by atoms with Crippen molar-refractivity contribution in [2.24, 2.45) is 5.92 Å². The topological polar surface area (TPSA) is 43.9 Å². The van der Waals surface area contributed by atoms with Gasteiger partial charge in [0.25, 0.3) is 0 Å². The molecule has 0 N–H and O–H groups in total. The molecule has 0 aliphatic rings. The molecule has 0 atom stereocenters. The fourth-order valence-corrected chi connectivity index (χ4v) is 11.6. The number of hydrogen-bond acceptors (Lipinski definition) is 3. The van der Waals surface area contributed by atoms with Crippen molar-refractivity contribution in [2.75, 3.05) is 0 Å². The third-order valence-electron chi connectivity index (χ3n) is 13.5. The molecule has 4 nitrogen and oxygen atoms in total. The van der Waals surface area contributed by atoms with Crippen LogP contribution in [0.4, 0.5) is 0 Å². The second-order valence-electron chi connectivity index (χ2n) is 20.1. The largest absolute Gasteiger partial charge is 0.501 e. The Morgan fingerprint density at radius 1 is 0.608 bits per heavy atom. The van der Waals surface area contributed by atoms with Gasteiger partial charge in [0, 0.05) is 46.9 Å². The first kappa shape index (κ1) is 46.1. The van der Waals surface area contributed by atoms with E-state index in [1.54, 1.807) is 18.2 Å². The first-order valence-electron chi connectivity index (χ1n) is 26.6. The molecular formula is C68H57IrN3OSi-2. The number of aromatic nitrogens is 3. The zero-order chi connectivity index (χ0) is 52.6. The average Bonchev–Trinajstić information content (AvgIpc) is 4.04. The van der Waals surface area contributed by atoms with Gasteiger partial charge in [0.1, 0.15) is 5.58 Å². The number of pyridine rings is 1. The molecule has 9 aromatic carbocycles. The number of rotatable bonds is 10. The minimum absolute atomic E-state index is 0. The molecular weight excluding hydrogens is 1100 g/mol. The van der Waals surface area contributed by atoms with E-state index in [0.29, 0.717) is 11.5 Å². The fourth-order valence-electron chi connectivity index (χ4n) is 9.99. The third kappa shape index (κ3) is 10.1. The van der Waals surface area contributed by atoms with Crippen LogP contribution in [0.2, 0.25) is 19.6 Å². The van der Waals surface area contributed by atoms with Gasteiger partial charge in [0.2, 0.25) is 0 Å². The number of hydrogen-bond donors (Lipinski definition) is 0. The van der Waals surface area contributed by atoms with Gasteiger partial charge in [-0.1, -0.05) is 221 Å². The van der Waals surface area contributed by atoms with Crippen LogP contribution in [0.3, 0.4) is 0 Å². The van der Waals surface area contributed by atoms with Gasteiger partial charge < -0.3 is 14.0 Å². The van der Waals surface area contributed by atoms with Crippen LogP contribution in [0, 0.1) is 24.9 Å². The Bertz CT molecular complexity index is 3940. The van der Waals surface area contributed by atoms with E-state index in [9.17, 15) is 0 Å². The third-order valence-corrected chi connectivity index (χ3v) is 15.6. The minimum Gasteiger partial charge on any atom is -0.501 e. The van der Waals surface area contributed by atoms with Gasteiger partial charge in [-0.25, -0.2) is 0 Å². The molecule has 12 aromatic rings. The van der Waals surface area contributed by atoms with Crippen molar-refractivity contribution in [3.05, 3.63) is 242 Å². The van der Waals surface area contributed by atoms with Crippen LogP contribution in [0.5, 0.6) is 0 Å². The van der Waals surface area contributed by atoms with E-state index in [0.717, 1.165) is 101 Å². The second-order valence-corrected chi connectivity index (χ2v) is 25.1. The summed E-state index contributed by atoms with van der Waals surface area (Å²) in [6, 6.07) is 79.7. The predicted molar refractivity (Wildman–Crippen MR) is 309 cm³/mol. The molecule has 0 aliphatic heterocycles. The summed E-state index contributed by atoms with van der Waals surface area (Å²) < 4.78 is 31.5. The Hall–Kier alpha value is -7.73. The summed E-state index contributed by atoms with van der Waals surface area (Å²) >= 11 is 0. The molecule has 1 radical (unpaired) electrons. The van der Waals surface area contributed by atoms with E-state index >= 15 is 0 Å². The Morgan fingerprint density at radius 3 is 1.84 bits per heavy atom. The minimum atomic E-state index is -2.09. The molecule has 0 aliphatic carbocycles. The molecule has 0 unspecified atom stereocenters. The molecule has 0 saturated heterocycles. The molecule has 365 valence electrons. The SMILES string of the molecule is [2H]C([2H])([2H])c1c[c-]c(-c2cc(CC(C)C)c([Si](C)(C)C)cn2)cc1.[Ir].[c-]1ccc2c(oc3cc(-c4ccc(-c5ccccc5)cc4)ccc32)c1-c1nc2ccccc2n1-c1c(-c2ccccc2)cccc1-c1ccccc1. The number of furan rings is 1. The van der Waals surface area contributed by atoms with Crippen LogP contribution in [-0.2, 0) is 26.5 Å². The Balaban J connectivity index is 0.000000228. The van der Waals surface area contributed by atoms with Crippen molar-refractivity contribution >= 4 is 46.2 Å². The Labute approximate surface area is 454 Å². The van der Waals surface area contributed by atoms with E-state index in [1.807, 2.05) is 24.4 Å². The van der Waals surface area contributed by atoms with Crippen molar-refractivity contribution in [3.8, 4) is 72.8 Å². The number of para-hydroxylation sites is 3. The van der Waals surface area contributed by atoms with Gasteiger partial charge in [-0.05, 0) is 74.8 Å². The molecule has 6 heteroatoms. The number of nitrogens with zero attached hydrogens (tertiary/aromatic N) is 3. The normalized spacial score (nSPS) is 12.2. The number of imidazole rings is 1. The maximum absolute atomic E-state index is 7.46. The zero-order valence-corrected chi connectivity index (χ0v) is 45.5. The van der Waals surface area contributed by atoms with Crippen molar-refractivity contribution in [3.63, 3.8) is 0 Å². The van der Waals surface area contributed by atoms with Crippen molar-refractivity contribution < 1.29 is 28.6 Å². The Kier molecular flexibility index (Phi) is 13.3. The van der Waals surface area contributed by atoms with E-state index in [4.69, 9.17) is 13.5 Å². The summed E-state index contributed by atoms with van der Waals surface area (Å²) in [4.78, 5) is 9.96. The van der Waals surface area contributed by atoms with Gasteiger partial charge in [0.05, 0.1) is 36.2 Å². The molecule has 3 heterocycles. The molecule has 12 rings (SSSR count). The van der Waals surface area contributed by atoms with E-state index < -0.39 is 14.9 Å². The maximum Gasteiger partial charge on any atom is 0.121 e. The summed E-state index contributed by atoms with van der Waals surface area (Å²) in [7, 11) is -1.45. The summed E-state index contributed by atoms with van der Waals surface area (Å²) in [6.45, 7) is 9.38. The van der Waals surface area contributed by atoms with Crippen LogP contribution in [-0.4, -0.2) is 22.6 Å². The van der Waals surface area contributed by atoms with Crippen LogP contribution in [0.15, 0.2) is 223 Å². The van der Waals surface area contributed by atoms with Crippen molar-refractivity contribution in [1.82, 2.24) is 14.5 Å². The van der Waals surface area contributed by atoms with Crippen LogP contribution in [0.1, 0.15) is 29.1 Å². The summed E-state index contributed by atoms with van der Waals surface area (Å²) in [5.41, 5.74) is 17.9. The smallest absolute Gasteiger partial charge is 0.121 e. The fraction of sp³-hybridized carbons (Fsp3) is 0.118. The number of fused-ring (bicyclic) bond motifs is 4. The van der Waals surface area contributed by atoms with Crippen LogP contribution < -0.4 is 5.19 Å². The number of benzene rings is 9. The molecule has 0 saturated carbocycles. The van der Waals surface area contributed by atoms with Gasteiger partial charge in [-0.2, -0.15) is 0 Å². The van der Waals surface area contributed by atoms with Gasteiger partial charge in [0.15, 0.2) is 0 Å². The van der Waals surface area contributed by atoms with Gasteiger partial charge in [-0.15, -0.1) is 53.6 Å². The van der Waals surface area contributed by atoms with E-state index in [2.05, 4.69) is 231 Å². The standard InChI is InChI=1S/C49H31N2O.C19H26NSi.Ir/c1-4-14-33(15-5-1)34-26-28-35(29-27-34)38-30-31-41-42-22-13-23-43(48(42)52-46(41)32-38)49-50-44-24-10-11-25-45(44)51(49)47-39(36-16-6-2-7-17-36)20-12-21-40(47)37-18-8-3-9-19-37;1-14(2)11-17-12-18(16-9-7-15(3)8-10-16)20-13-19(17)21(4,5)6;/h1-22,24-32H;7-9,12-14H,11H2,1-6H3;/q2*-1;/i;3D3;. The van der Waals surface area contributed by atoms with Crippen LogP contribution in [0.25, 0.3) is 106 Å². The van der Waals surface area contributed by atoms with Crippen LogP contribution >= 0.6 is 0 Å². The van der Waals surface area contributed by atoms with Crippen molar-refractivity contribution in [1.29, 1.82) is 0 Å². The quantitative estimate of drug-likeness (QED) is 0.101. The summed E-state index contributed by atoms with van der Waals surface area (Å²) in [6.07, 6.45) is 3.05. The average molecular weight is 1160 g/mol. The zero-order valence-electron chi connectivity index (χ0n) is 45.2. The molecule has 74 heavy (non-hydrogen) atoms. The molecule has 0 spiro atoms. The van der Waals surface area contributed by atoms with Gasteiger partial charge in [-0.3, -0.25) is 4.98 Å². The second kappa shape index (κ2) is 21.4. The van der Waals surface area contributed by atoms with E-state index in [-0.39, 0.29) is 20.1 Å². The molecule has 0 bridgehead atoms. The summed E-state index contributed by atoms with van der Waals surface area (Å²) in [5, 5.41) is 3.50.